The van der Waals surface area contributed by atoms with Gasteiger partial charge in [-0.05, 0) is 63.2 Å². The second kappa shape index (κ2) is 5.08. The normalized spacial score (nSPS) is 36.9. The van der Waals surface area contributed by atoms with Gasteiger partial charge in [0.05, 0.1) is 11.2 Å². The highest BCUT2D eigenvalue weighted by atomic mass is 32.1. The van der Waals surface area contributed by atoms with Crippen LogP contribution in [-0.4, -0.2) is 17.4 Å². The minimum atomic E-state index is -0.00249. The largest absolute Gasteiger partial charge is 0.355 e. The summed E-state index contributed by atoms with van der Waals surface area (Å²) in [5.41, 5.74) is 3.01. The lowest BCUT2D eigenvalue weighted by Crippen LogP contribution is -2.53. The molecule has 5 rings (SSSR count). The number of aromatic nitrogens is 1. The molecule has 0 unspecified atom stereocenters. The standard InChI is InChI=1S/C17H24N2OS/c1-11-15(21-10-19-11)2-3-18-16(20)17-7-12-4-13(8-17)6-14(5-12)9-17/h10,12-14H,2-9H2,1H3,(H,18,20). The highest BCUT2D eigenvalue weighted by molar-refractivity contribution is 7.09. The molecule has 0 spiro atoms. The van der Waals surface area contributed by atoms with E-state index in [0.717, 1.165) is 55.7 Å². The Labute approximate surface area is 130 Å². The topological polar surface area (TPSA) is 42.0 Å². The lowest BCUT2D eigenvalue weighted by molar-refractivity contribution is -0.146. The zero-order valence-electron chi connectivity index (χ0n) is 12.7. The van der Waals surface area contributed by atoms with Crippen molar-refractivity contribution in [2.24, 2.45) is 23.2 Å². The van der Waals surface area contributed by atoms with E-state index in [-0.39, 0.29) is 5.41 Å². The van der Waals surface area contributed by atoms with Crippen LogP contribution < -0.4 is 5.32 Å². The van der Waals surface area contributed by atoms with E-state index in [4.69, 9.17) is 0 Å². The minimum absolute atomic E-state index is 0.00249. The molecule has 4 aliphatic rings. The molecule has 0 radical (unpaired) electrons. The highest BCUT2D eigenvalue weighted by Crippen LogP contribution is 2.60. The van der Waals surface area contributed by atoms with Gasteiger partial charge in [0.1, 0.15) is 0 Å². The first-order valence-corrected chi connectivity index (χ1v) is 9.20. The number of amides is 1. The Bertz CT molecular complexity index is 515. The highest BCUT2D eigenvalue weighted by Gasteiger charge is 2.54. The number of rotatable bonds is 4. The van der Waals surface area contributed by atoms with Crippen LogP contribution in [0.4, 0.5) is 0 Å². The van der Waals surface area contributed by atoms with Gasteiger partial charge in [0.15, 0.2) is 0 Å². The smallest absolute Gasteiger partial charge is 0.226 e. The summed E-state index contributed by atoms with van der Waals surface area (Å²) in [7, 11) is 0. The fourth-order valence-corrected chi connectivity index (χ4v) is 6.21. The van der Waals surface area contributed by atoms with Crippen LogP contribution in [0.3, 0.4) is 0 Å². The van der Waals surface area contributed by atoms with Gasteiger partial charge in [-0.2, -0.15) is 0 Å². The number of aryl methyl sites for hydroxylation is 1. The van der Waals surface area contributed by atoms with Gasteiger partial charge in [-0.1, -0.05) is 0 Å². The molecule has 0 atom stereocenters. The van der Waals surface area contributed by atoms with E-state index in [9.17, 15) is 4.79 Å². The summed E-state index contributed by atoms with van der Waals surface area (Å²) < 4.78 is 0. The summed E-state index contributed by atoms with van der Waals surface area (Å²) in [6.45, 7) is 2.82. The number of carbonyl (C=O) groups excluding carboxylic acids is 1. The van der Waals surface area contributed by atoms with E-state index in [1.165, 1.54) is 24.1 Å². The molecule has 4 fully saturated rings. The number of thiazole rings is 1. The molecule has 0 saturated heterocycles. The monoisotopic (exact) mass is 304 g/mol. The van der Waals surface area contributed by atoms with Crippen LogP contribution in [0.2, 0.25) is 0 Å². The maximum Gasteiger partial charge on any atom is 0.226 e. The summed E-state index contributed by atoms with van der Waals surface area (Å²) in [5.74, 6) is 2.87. The van der Waals surface area contributed by atoms with Crippen molar-refractivity contribution < 1.29 is 4.79 Å². The summed E-state index contributed by atoms with van der Waals surface area (Å²) in [6.07, 6.45) is 8.58. The van der Waals surface area contributed by atoms with Crippen molar-refractivity contribution in [1.29, 1.82) is 0 Å². The Morgan fingerprint density at radius 1 is 1.29 bits per heavy atom. The van der Waals surface area contributed by atoms with Gasteiger partial charge >= 0.3 is 0 Å². The van der Waals surface area contributed by atoms with Crippen LogP contribution in [0.5, 0.6) is 0 Å². The fraction of sp³-hybridized carbons (Fsp3) is 0.765. The van der Waals surface area contributed by atoms with Crippen LogP contribution in [-0.2, 0) is 11.2 Å². The van der Waals surface area contributed by atoms with Gasteiger partial charge in [0.25, 0.3) is 0 Å². The molecule has 1 amide bonds. The van der Waals surface area contributed by atoms with E-state index in [1.807, 2.05) is 12.4 Å². The zero-order chi connectivity index (χ0) is 14.4. The predicted molar refractivity (Wildman–Crippen MR) is 84.2 cm³/mol. The van der Waals surface area contributed by atoms with Gasteiger partial charge in [0.2, 0.25) is 5.91 Å². The average Bonchev–Trinajstić information content (AvgIpc) is 2.83. The van der Waals surface area contributed by atoms with Crippen LogP contribution in [0.25, 0.3) is 0 Å². The summed E-state index contributed by atoms with van der Waals surface area (Å²) >= 11 is 1.70. The maximum absolute atomic E-state index is 12.8. The maximum atomic E-state index is 12.8. The first-order chi connectivity index (χ1) is 10.1. The Kier molecular flexibility index (Phi) is 3.32. The van der Waals surface area contributed by atoms with Crippen LogP contribution in [0.1, 0.15) is 49.1 Å². The predicted octanol–water partition coefficient (Wildman–Crippen LogP) is 3.33. The van der Waals surface area contributed by atoms with Crippen molar-refractivity contribution in [2.75, 3.05) is 6.54 Å². The molecule has 1 N–H and O–H groups in total. The summed E-state index contributed by atoms with van der Waals surface area (Å²) in [5, 5.41) is 3.25. The van der Waals surface area contributed by atoms with Crippen molar-refractivity contribution in [3.05, 3.63) is 16.1 Å². The van der Waals surface area contributed by atoms with Gasteiger partial charge in [0, 0.05) is 23.3 Å². The van der Waals surface area contributed by atoms with Gasteiger partial charge in [-0.25, -0.2) is 4.98 Å². The third kappa shape index (κ3) is 2.41. The molecule has 4 aliphatic carbocycles. The Hall–Kier alpha value is -0.900. The zero-order valence-corrected chi connectivity index (χ0v) is 13.5. The average molecular weight is 304 g/mol. The molecule has 4 heteroatoms. The number of nitrogens with one attached hydrogen (secondary N) is 1. The van der Waals surface area contributed by atoms with E-state index in [2.05, 4.69) is 10.3 Å². The molecule has 1 heterocycles. The lowest BCUT2D eigenvalue weighted by atomic mass is 9.49. The van der Waals surface area contributed by atoms with Crippen LogP contribution in [0.15, 0.2) is 5.51 Å². The molecular weight excluding hydrogens is 280 g/mol. The Morgan fingerprint density at radius 3 is 2.43 bits per heavy atom. The van der Waals surface area contributed by atoms with E-state index in [1.54, 1.807) is 11.3 Å². The Morgan fingerprint density at radius 2 is 1.90 bits per heavy atom. The molecule has 21 heavy (non-hydrogen) atoms. The quantitative estimate of drug-likeness (QED) is 0.927. The number of nitrogens with zero attached hydrogens (tertiary/aromatic N) is 1. The van der Waals surface area contributed by atoms with Crippen molar-refractivity contribution in [1.82, 2.24) is 10.3 Å². The van der Waals surface area contributed by atoms with E-state index < -0.39 is 0 Å². The van der Waals surface area contributed by atoms with Gasteiger partial charge < -0.3 is 5.32 Å². The van der Waals surface area contributed by atoms with Crippen LogP contribution >= 0.6 is 11.3 Å². The van der Waals surface area contributed by atoms with Crippen molar-refractivity contribution in [2.45, 2.75) is 51.9 Å². The SMILES string of the molecule is Cc1ncsc1CCNC(=O)C12CC3CC(CC(C3)C1)C2. The third-order valence-electron chi connectivity index (χ3n) is 6.00. The fourth-order valence-electron chi connectivity index (χ4n) is 5.43. The first-order valence-electron chi connectivity index (χ1n) is 8.32. The van der Waals surface area contributed by atoms with Gasteiger partial charge in [-0.3, -0.25) is 4.79 Å². The second-order valence-corrected chi connectivity index (χ2v) is 8.50. The number of hydrogen-bond acceptors (Lipinski definition) is 3. The lowest BCUT2D eigenvalue weighted by Gasteiger charge is -2.55. The summed E-state index contributed by atoms with van der Waals surface area (Å²) in [4.78, 5) is 18.4. The van der Waals surface area contributed by atoms with Crippen molar-refractivity contribution in [3.63, 3.8) is 0 Å². The molecule has 1 aromatic heterocycles. The first kappa shape index (κ1) is 13.7. The molecular formula is C17H24N2OS. The molecule has 0 aromatic carbocycles. The molecule has 1 aromatic rings. The van der Waals surface area contributed by atoms with Crippen LogP contribution in [0, 0.1) is 30.1 Å². The Balaban J connectivity index is 1.38. The second-order valence-electron chi connectivity index (χ2n) is 7.56. The number of hydrogen-bond donors (Lipinski definition) is 1. The van der Waals surface area contributed by atoms with Crippen molar-refractivity contribution in [3.8, 4) is 0 Å². The number of carbonyl (C=O) groups is 1. The minimum Gasteiger partial charge on any atom is -0.355 e. The molecule has 4 bridgehead atoms. The van der Waals surface area contributed by atoms with E-state index in [0.29, 0.717) is 5.91 Å². The van der Waals surface area contributed by atoms with E-state index >= 15 is 0 Å². The summed E-state index contributed by atoms with van der Waals surface area (Å²) in [6, 6.07) is 0. The molecule has 0 aliphatic heterocycles. The van der Waals surface area contributed by atoms with Crippen molar-refractivity contribution >= 4 is 17.2 Å². The molecule has 3 nitrogen and oxygen atoms in total. The third-order valence-corrected chi connectivity index (χ3v) is 7.00. The molecule has 4 saturated carbocycles. The molecule has 114 valence electrons. The van der Waals surface area contributed by atoms with Gasteiger partial charge in [-0.15, -0.1) is 11.3 Å².